The first kappa shape index (κ1) is 20.0. The van der Waals surface area contributed by atoms with Crippen molar-refractivity contribution >= 4 is 28.9 Å². The number of nitrogens with zero attached hydrogens (tertiary/aromatic N) is 5. The van der Waals surface area contributed by atoms with Crippen LogP contribution in [-0.4, -0.2) is 38.4 Å². The lowest BCUT2D eigenvalue weighted by Gasteiger charge is -2.08. The molecule has 0 saturated heterocycles. The quantitative estimate of drug-likeness (QED) is 0.520. The zero-order chi connectivity index (χ0) is 20.1. The number of nitriles is 1. The van der Waals surface area contributed by atoms with Crippen molar-refractivity contribution in [1.29, 1.82) is 5.26 Å². The predicted octanol–water partition coefficient (Wildman–Crippen LogP) is 3.71. The number of hydrogen-bond acceptors (Lipinski definition) is 8. The fourth-order valence-electron chi connectivity index (χ4n) is 2.62. The third-order valence-corrected chi connectivity index (χ3v) is 6.08. The summed E-state index contributed by atoms with van der Waals surface area (Å²) in [6, 6.07) is 9.65. The molecule has 7 nitrogen and oxygen atoms in total. The second-order valence-electron chi connectivity index (χ2n) is 5.92. The fourth-order valence-corrected chi connectivity index (χ4v) is 4.39. The Labute approximate surface area is 171 Å². The van der Waals surface area contributed by atoms with Crippen molar-refractivity contribution in [2.24, 2.45) is 0 Å². The van der Waals surface area contributed by atoms with Crippen LogP contribution in [0.2, 0.25) is 0 Å². The standard InChI is InChI=1S/C19H19N5O2S2/c1-4-24-17(13-5-7-14(26-3)8-6-13)22-23-19(24)28-11-16(25)15(9-20)18-21-12(2)10-27-18/h5-8,10,15H,4,11H2,1-3H3/t15-/m0/s1. The maximum atomic E-state index is 12.6. The molecule has 0 saturated carbocycles. The second-order valence-corrected chi connectivity index (χ2v) is 7.76. The van der Waals surface area contributed by atoms with E-state index in [-0.39, 0.29) is 11.5 Å². The average Bonchev–Trinajstić information content (AvgIpc) is 3.33. The maximum Gasteiger partial charge on any atom is 0.191 e. The van der Waals surface area contributed by atoms with Gasteiger partial charge in [-0.05, 0) is 38.1 Å². The van der Waals surface area contributed by atoms with E-state index in [0.717, 1.165) is 22.8 Å². The van der Waals surface area contributed by atoms with Gasteiger partial charge in [0.2, 0.25) is 0 Å². The van der Waals surface area contributed by atoms with Gasteiger partial charge in [0.15, 0.2) is 22.7 Å². The van der Waals surface area contributed by atoms with Gasteiger partial charge in [0.1, 0.15) is 10.8 Å². The van der Waals surface area contributed by atoms with E-state index in [0.29, 0.717) is 16.7 Å². The molecule has 0 unspecified atom stereocenters. The molecule has 144 valence electrons. The van der Waals surface area contributed by atoms with Crippen molar-refractivity contribution in [3.05, 3.63) is 40.3 Å². The number of methoxy groups -OCH3 is 1. The second kappa shape index (κ2) is 8.99. The highest BCUT2D eigenvalue weighted by atomic mass is 32.2. The summed E-state index contributed by atoms with van der Waals surface area (Å²) in [5.74, 6) is 0.611. The van der Waals surface area contributed by atoms with Crippen LogP contribution in [0.1, 0.15) is 23.5 Å². The zero-order valence-electron chi connectivity index (χ0n) is 15.7. The van der Waals surface area contributed by atoms with Crippen LogP contribution >= 0.6 is 23.1 Å². The minimum Gasteiger partial charge on any atom is -0.497 e. The Hall–Kier alpha value is -2.70. The van der Waals surface area contributed by atoms with Crippen LogP contribution in [0, 0.1) is 18.3 Å². The molecule has 0 radical (unpaired) electrons. The van der Waals surface area contributed by atoms with Gasteiger partial charge < -0.3 is 9.30 Å². The highest BCUT2D eigenvalue weighted by Crippen LogP contribution is 2.27. The van der Waals surface area contributed by atoms with Crippen LogP contribution in [0.15, 0.2) is 34.8 Å². The molecule has 3 aromatic rings. The van der Waals surface area contributed by atoms with Crippen molar-refractivity contribution in [3.8, 4) is 23.2 Å². The summed E-state index contributed by atoms with van der Waals surface area (Å²) in [5, 5.41) is 20.9. The summed E-state index contributed by atoms with van der Waals surface area (Å²) in [6.07, 6.45) is 0. The molecule has 3 rings (SSSR count). The molecule has 2 aromatic heterocycles. The topological polar surface area (TPSA) is 93.7 Å². The van der Waals surface area contributed by atoms with Crippen molar-refractivity contribution in [2.75, 3.05) is 12.9 Å². The molecule has 0 aliphatic heterocycles. The number of aryl methyl sites for hydroxylation is 1. The van der Waals surface area contributed by atoms with E-state index < -0.39 is 5.92 Å². The monoisotopic (exact) mass is 413 g/mol. The predicted molar refractivity (Wildman–Crippen MR) is 109 cm³/mol. The van der Waals surface area contributed by atoms with Crippen LogP contribution in [0.5, 0.6) is 5.75 Å². The maximum absolute atomic E-state index is 12.6. The van der Waals surface area contributed by atoms with E-state index in [4.69, 9.17) is 4.74 Å². The van der Waals surface area contributed by atoms with E-state index in [1.165, 1.54) is 23.1 Å². The first-order valence-electron chi connectivity index (χ1n) is 8.62. The Kier molecular flexibility index (Phi) is 6.44. The first-order chi connectivity index (χ1) is 13.6. The van der Waals surface area contributed by atoms with E-state index in [1.807, 2.05) is 48.1 Å². The van der Waals surface area contributed by atoms with Gasteiger partial charge in [0.25, 0.3) is 0 Å². The number of aromatic nitrogens is 4. The summed E-state index contributed by atoms with van der Waals surface area (Å²) in [4.78, 5) is 16.8. The van der Waals surface area contributed by atoms with E-state index in [1.54, 1.807) is 7.11 Å². The van der Waals surface area contributed by atoms with Crippen molar-refractivity contribution in [3.63, 3.8) is 0 Å². The molecular formula is C19H19N5O2S2. The highest BCUT2D eigenvalue weighted by Gasteiger charge is 2.24. The lowest BCUT2D eigenvalue weighted by atomic mass is 10.1. The molecule has 1 aromatic carbocycles. The Balaban J connectivity index is 1.74. The van der Waals surface area contributed by atoms with Gasteiger partial charge in [-0.15, -0.1) is 21.5 Å². The van der Waals surface area contributed by atoms with E-state index in [9.17, 15) is 10.1 Å². The summed E-state index contributed by atoms with van der Waals surface area (Å²) in [6.45, 7) is 4.51. The van der Waals surface area contributed by atoms with Gasteiger partial charge in [-0.3, -0.25) is 4.79 Å². The van der Waals surface area contributed by atoms with Gasteiger partial charge in [0, 0.05) is 23.2 Å². The number of thiazole rings is 1. The Morgan fingerprint density at radius 1 is 1.36 bits per heavy atom. The third-order valence-electron chi connectivity index (χ3n) is 4.06. The van der Waals surface area contributed by atoms with Crippen LogP contribution in [0.4, 0.5) is 0 Å². The number of Topliss-reactive ketones (excluding diaryl/α,β-unsaturated/α-hetero) is 1. The summed E-state index contributed by atoms with van der Waals surface area (Å²) in [7, 11) is 1.62. The number of carbonyl (C=O) groups excluding carboxylic acids is 1. The van der Waals surface area contributed by atoms with Crippen LogP contribution < -0.4 is 4.74 Å². The van der Waals surface area contributed by atoms with Gasteiger partial charge in [-0.25, -0.2) is 4.98 Å². The lowest BCUT2D eigenvalue weighted by molar-refractivity contribution is -0.116. The first-order valence-corrected chi connectivity index (χ1v) is 10.5. The summed E-state index contributed by atoms with van der Waals surface area (Å²) < 4.78 is 7.14. The number of ketones is 1. The molecule has 0 amide bonds. The van der Waals surface area contributed by atoms with E-state index >= 15 is 0 Å². The fraction of sp³-hybridized carbons (Fsp3) is 0.316. The van der Waals surface area contributed by atoms with Gasteiger partial charge >= 0.3 is 0 Å². The smallest absolute Gasteiger partial charge is 0.191 e. The van der Waals surface area contributed by atoms with Crippen LogP contribution in [0.25, 0.3) is 11.4 Å². The highest BCUT2D eigenvalue weighted by molar-refractivity contribution is 7.99. The molecule has 0 spiro atoms. The van der Waals surface area contributed by atoms with Crippen molar-refractivity contribution in [1.82, 2.24) is 19.7 Å². The normalized spacial score (nSPS) is 11.8. The minimum atomic E-state index is -0.842. The molecule has 0 N–H and O–H groups in total. The average molecular weight is 414 g/mol. The van der Waals surface area contributed by atoms with Gasteiger partial charge in [-0.2, -0.15) is 5.26 Å². The number of benzene rings is 1. The molecule has 2 heterocycles. The molecule has 0 aliphatic rings. The summed E-state index contributed by atoms with van der Waals surface area (Å²) in [5.41, 5.74) is 1.73. The van der Waals surface area contributed by atoms with Crippen LogP contribution in [-0.2, 0) is 11.3 Å². The van der Waals surface area contributed by atoms with Gasteiger partial charge in [-0.1, -0.05) is 11.8 Å². The largest absolute Gasteiger partial charge is 0.497 e. The molecule has 28 heavy (non-hydrogen) atoms. The Morgan fingerprint density at radius 2 is 2.11 bits per heavy atom. The number of carbonyl (C=O) groups is 1. The molecule has 0 aliphatic carbocycles. The number of rotatable bonds is 8. The lowest BCUT2D eigenvalue weighted by Crippen LogP contribution is -2.13. The third kappa shape index (κ3) is 4.24. The minimum absolute atomic E-state index is 0.137. The van der Waals surface area contributed by atoms with Crippen molar-refractivity contribution < 1.29 is 9.53 Å². The number of thioether (sulfide) groups is 1. The number of ether oxygens (including phenoxy) is 1. The zero-order valence-corrected chi connectivity index (χ0v) is 17.4. The SMILES string of the molecule is CCn1c(SCC(=O)[C@H](C#N)c2nc(C)cs2)nnc1-c1ccc(OC)cc1. The van der Waals surface area contributed by atoms with Crippen LogP contribution in [0.3, 0.4) is 0 Å². The molecule has 9 heteroatoms. The van der Waals surface area contributed by atoms with Gasteiger partial charge in [0.05, 0.1) is 18.9 Å². The molecule has 1 atom stereocenters. The number of hydrogen-bond donors (Lipinski definition) is 0. The van der Waals surface area contributed by atoms with Crippen molar-refractivity contribution in [2.45, 2.75) is 31.5 Å². The Bertz CT molecular complexity index is 1000. The molecule has 0 bridgehead atoms. The summed E-state index contributed by atoms with van der Waals surface area (Å²) >= 11 is 2.63. The van der Waals surface area contributed by atoms with E-state index in [2.05, 4.69) is 21.3 Å². The molecular weight excluding hydrogens is 394 g/mol. The molecule has 0 fully saturated rings. The Morgan fingerprint density at radius 3 is 2.68 bits per heavy atom.